The van der Waals surface area contributed by atoms with Gasteiger partial charge in [0.05, 0.1) is 29.0 Å². The van der Waals surface area contributed by atoms with Gasteiger partial charge in [-0.25, -0.2) is 9.78 Å². The number of unbranched alkanes of at least 4 members (excludes halogenated alkanes) is 1. The third-order valence-electron chi connectivity index (χ3n) is 6.49. The summed E-state index contributed by atoms with van der Waals surface area (Å²) in [6.07, 6.45) is 3.20. The van der Waals surface area contributed by atoms with Crippen molar-refractivity contribution in [2.24, 2.45) is 0 Å². The fraction of sp³-hybridized carbons (Fsp3) is 0.375. The Labute approximate surface area is 174 Å². The van der Waals surface area contributed by atoms with Crippen LogP contribution in [0.1, 0.15) is 55.4 Å². The summed E-state index contributed by atoms with van der Waals surface area (Å²) < 4.78 is 6.86. The van der Waals surface area contributed by atoms with Crippen molar-refractivity contribution in [1.29, 1.82) is 0 Å². The predicted octanol–water partition coefficient (Wildman–Crippen LogP) is 3.42. The van der Waals surface area contributed by atoms with Gasteiger partial charge in [-0.15, -0.1) is 0 Å². The van der Waals surface area contributed by atoms with Gasteiger partial charge in [-0.05, 0) is 37.0 Å². The molecule has 154 valence electrons. The predicted molar refractivity (Wildman–Crippen MR) is 113 cm³/mol. The van der Waals surface area contributed by atoms with Gasteiger partial charge in [0.15, 0.2) is 5.60 Å². The molecule has 2 aliphatic heterocycles. The lowest BCUT2D eigenvalue weighted by molar-refractivity contribution is -0.172. The molecular weight excluding hydrogens is 380 g/mol. The van der Waals surface area contributed by atoms with Crippen molar-refractivity contribution in [2.45, 2.75) is 58.3 Å². The van der Waals surface area contributed by atoms with Gasteiger partial charge in [0.25, 0.3) is 5.56 Å². The zero-order valence-corrected chi connectivity index (χ0v) is 17.2. The second-order valence-electron chi connectivity index (χ2n) is 8.14. The lowest BCUT2D eigenvalue weighted by Crippen LogP contribution is -2.44. The van der Waals surface area contributed by atoms with Gasteiger partial charge in [0.2, 0.25) is 0 Å². The Hall–Kier alpha value is -2.99. The lowest BCUT2D eigenvalue weighted by atomic mass is 9.86. The SMILES string of the molecule is CCCCc1c2c(nc3ccccc13)-c1cc3c(c(=O)n1C2)COC(=O)[C@]3(O)CC. The molecule has 5 rings (SSSR count). The number of carbonyl (C=O) groups excluding carboxylic acids is 1. The van der Waals surface area contributed by atoms with Crippen molar-refractivity contribution >= 4 is 16.9 Å². The molecule has 4 heterocycles. The molecule has 1 aromatic carbocycles. The zero-order chi connectivity index (χ0) is 21.0. The van der Waals surface area contributed by atoms with Crippen molar-refractivity contribution in [2.75, 3.05) is 0 Å². The molecule has 0 amide bonds. The number of hydrogen-bond acceptors (Lipinski definition) is 5. The van der Waals surface area contributed by atoms with Crippen molar-refractivity contribution in [1.82, 2.24) is 9.55 Å². The number of rotatable bonds is 4. The number of esters is 1. The number of aryl methyl sites for hydroxylation is 1. The normalized spacial score (nSPS) is 19.4. The number of cyclic esters (lactones) is 1. The highest BCUT2D eigenvalue weighted by Gasteiger charge is 2.45. The number of aromatic nitrogens is 2. The summed E-state index contributed by atoms with van der Waals surface area (Å²) in [6.45, 7) is 4.22. The molecule has 0 radical (unpaired) electrons. The minimum atomic E-state index is -1.80. The number of para-hydroxylation sites is 1. The average molecular weight is 404 g/mol. The fourth-order valence-electron chi connectivity index (χ4n) is 4.75. The highest BCUT2D eigenvalue weighted by atomic mass is 16.6. The largest absolute Gasteiger partial charge is 0.458 e. The van der Waals surface area contributed by atoms with E-state index in [0.29, 0.717) is 23.4 Å². The quantitative estimate of drug-likeness (QED) is 0.527. The molecule has 2 aromatic heterocycles. The Kier molecular flexibility index (Phi) is 4.29. The van der Waals surface area contributed by atoms with Crippen LogP contribution >= 0.6 is 0 Å². The fourth-order valence-corrected chi connectivity index (χ4v) is 4.75. The van der Waals surface area contributed by atoms with Crippen LogP contribution in [0.15, 0.2) is 35.1 Å². The molecule has 0 spiro atoms. The molecule has 1 N–H and O–H groups in total. The van der Waals surface area contributed by atoms with Gasteiger partial charge in [0, 0.05) is 16.5 Å². The Balaban J connectivity index is 1.80. The van der Waals surface area contributed by atoms with Crippen molar-refractivity contribution < 1.29 is 14.6 Å². The zero-order valence-electron chi connectivity index (χ0n) is 17.2. The van der Waals surface area contributed by atoms with Crippen molar-refractivity contribution in [3.05, 3.63) is 62.9 Å². The molecule has 0 saturated heterocycles. The first-order chi connectivity index (χ1) is 14.5. The standard InChI is InChI=1S/C24H24N2O4/c1-3-5-8-14-15-9-6-7-10-19(15)25-21-16(14)12-26-20(21)11-18-17(22(26)27)13-30-23(28)24(18,29)4-2/h6-7,9-11,29H,3-5,8,12-13H2,1-2H3/t24-/m0/s1. The van der Waals surface area contributed by atoms with Gasteiger partial charge in [-0.2, -0.15) is 0 Å². The topological polar surface area (TPSA) is 81.4 Å². The third kappa shape index (κ3) is 2.50. The summed E-state index contributed by atoms with van der Waals surface area (Å²) in [5.74, 6) is -0.699. The summed E-state index contributed by atoms with van der Waals surface area (Å²) in [6, 6.07) is 9.84. The minimum absolute atomic E-state index is 0.107. The number of hydrogen-bond donors (Lipinski definition) is 1. The molecule has 3 aromatic rings. The number of aliphatic hydroxyl groups is 1. The van der Waals surface area contributed by atoms with Gasteiger partial charge < -0.3 is 14.4 Å². The summed E-state index contributed by atoms with van der Waals surface area (Å²) >= 11 is 0. The van der Waals surface area contributed by atoms with Crippen molar-refractivity contribution in [3.63, 3.8) is 0 Å². The minimum Gasteiger partial charge on any atom is -0.458 e. The highest BCUT2D eigenvalue weighted by Crippen LogP contribution is 2.40. The van der Waals surface area contributed by atoms with E-state index in [-0.39, 0.29) is 18.6 Å². The van der Waals surface area contributed by atoms with Crippen LogP contribution in [0.2, 0.25) is 0 Å². The molecule has 6 nitrogen and oxygen atoms in total. The number of fused-ring (bicyclic) bond motifs is 5. The maximum Gasteiger partial charge on any atom is 0.343 e. The molecule has 0 fully saturated rings. The third-order valence-corrected chi connectivity index (χ3v) is 6.49. The van der Waals surface area contributed by atoms with Crippen LogP contribution < -0.4 is 5.56 Å². The van der Waals surface area contributed by atoms with Crippen LogP contribution in [0.4, 0.5) is 0 Å². The molecule has 0 saturated carbocycles. The van der Waals surface area contributed by atoms with Crippen LogP contribution in [0.25, 0.3) is 22.3 Å². The molecule has 6 heteroatoms. The highest BCUT2D eigenvalue weighted by molar-refractivity contribution is 5.89. The van der Waals surface area contributed by atoms with E-state index in [4.69, 9.17) is 9.72 Å². The Morgan fingerprint density at radius 3 is 2.77 bits per heavy atom. The summed E-state index contributed by atoms with van der Waals surface area (Å²) in [5.41, 5.74) is 3.33. The van der Waals surface area contributed by atoms with Gasteiger partial charge in [-0.3, -0.25) is 4.79 Å². The molecule has 2 aliphatic rings. The summed E-state index contributed by atoms with van der Waals surface area (Å²) in [5, 5.41) is 12.1. The number of pyridine rings is 2. The Morgan fingerprint density at radius 1 is 1.20 bits per heavy atom. The number of nitrogens with zero attached hydrogens (tertiary/aromatic N) is 2. The van der Waals surface area contributed by atoms with Crippen LogP contribution in [0.3, 0.4) is 0 Å². The van der Waals surface area contributed by atoms with Gasteiger partial charge in [-0.1, -0.05) is 38.5 Å². The molecule has 0 bridgehead atoms. The van der Waals surface area contributed by atoms with E-state index in [1.165, 1.54) is 5.56 Å². The van der Waals surface area contributed by atoms with Crippen molar-refractivity contribution in [3.8, 4) is 11.4 Å². The molecule has 0 unspecified atom stereocenters. The van der Waals surface area contributed by atoms with Crippen LogP contribution in [0, 0.1) is 0 Å². The summed E-state index contributed by atoms with van der Waals surface area (Å²) in [4.78, 5) is 30.5. The van der Waals surface area contributed by atoms with E-state index >= 15 is 0 Å². The molecule has 0 aliphatic carbocycles. The van der Waals surface area contributed by atoms with Crippen LogP contribution in [-0.4, -0.2) is 20.6 Å². The van der Waals surface area contributed by atoms with Crippen LogP contribution in [0.5, 0.6) is 0 Å². The van der Waals surface area contributed by atoms with E-state index in [1.54, 1.807) is 17.6 Å². The first kappa shape index (κ1) is 19.0. The maximum absolute atomic E-state index is 13.3. The Morgan fingerprint density at radius 2 is 2.00 bits per heavy atom. The van der Waals surface area contributed by atoms with Gasteiger partial charge >= 0.3 is 5.97 Å². The summed E-state index contributed by atoms with van der Waals surface area (Å²) in [7, 11) is 0. The number of benzene rings is 1. The van der Waals surface area contributed by atoms with Gasteiger partial charge in [0.1, 0.15) is 6.61 Å². The average Bonchev–Trinajstić information content (AvgIpc) is 3.13. The molecular formula is C24H24N2O4. The van der Waals surface area contributed by atoms with Crippen LogP contribution in [-0.2, 0) is 34.7 Å². The molecule has 30 heavy (non-hydrogen) atoms. The second kappa shape index (κ2) is 6.77. The lowest BCUT2D eigenvalue weighted by Gasteiger charge is -2.31. The monoisotopic (exact) mass is 404 g/mol. The smallest absolute Gasteiger partial charge is 0.343 e. The second-order valence-corrected chi connectivity index (χ2v) is 8.14. The number of carbonyl (C=O) groups is 1. The van der Waals surface area contributed by atoms with E-state index in [1.807, 2.05) is 18.2 Å². The number of ether oxygens (including phenoxy) is 1. The molecule has 1 atom stereocenters. The maximum atomic E-state index is 13.3. The van der Waals surface area contributed by atoms with E-state index in [9.17, 15) is 14.7 Å². The first-order valence-electron chi connectivity index (χ1n) is 10.6. The first-order valence-corrected chi connectivity index (χ1v) is 10.6. The van der Waals surface area contributed by atoms with E-state index < -0.39 is 11.6 Å². The van der Waals surface area contributed by atoms with E-state index in [2.05, 4.69) is 13.0 Å². The Bertz CT molecular complexity index is 1260. The van der Waals surface area contributed by atoms with E-state index in [0.717, 1.165) is 41.4 Å².